The fourth-order valence-electron chi connectivity index (χ4n) is 4.55. The van der Waals surface area contributed by atoms with Crippen LogP contribution in [0.25, 0.3) is 44.3 Å². The molecule has 0 atom stereocenters. The quantitative estimate of drug-likeness (QED) is 0.295. The van der Waals surface area contributed by atoms with Gasteiger partial charge in [-0.2, -0.15) is 5.26 Å². The number of para-hydroxylation sites is 1. The van der Waals surface area contributed by atoms with Crippen LogP contribution in [0.1, 0.15) is 36.5 Å². The van der Waals surface area contributed by atoms with Gasteiger partial charge in [0.1, 0.15) is 12.6 Å². The number of benzene rings is 3. The van der Waals surface area contributed by atoms with E-state index in [9.17, 15) is 5.26 Å². The van der Waals surface area contributed by atoms with E-state index in [2.05, 4.69) is 81.1 Å². The smallest absolute Gasteiger partial charge is 0.216 e. The fraction of sp³-hybridized carbons (Fsp3) is 0.172. The topological polar surface area (TPSA) is 40.8 Å². The zero-order valence-corrected chi connectivity index (χ0v) is 18.8. The van der Waals surface area contributed by atoms with Gasteiger partial charge in [-0.05, 0) is 35.6 Å². The number of rotatable bonds is 3. The molecule has 3 aromatic carbocycles. The van der Waals surface area contributed by atoms with E-state index in [1.165, 1.54) is 5.56 Å². The third kappa shape index (κ3) is 3.08. The van der Waals surface area contributed by atoms with Crippen molar-refractivity contribution in [3.05, 3.63) is 89.6 Å². The van der Waals surface area contributed by atoms with Gasteiger partial charge < -0.3 is 4.42 Å². The summed E-state index contributed by atoms with van der Waals surface area (Å²) in [6, 6.07) is 25.2. The predicted octanol–water partition coefficient (Wildman–Crippen LogP) is 7.05. The van der Waals surface area contributed by atoms with Gasteiger partial charge in [0.2, 0.25) is 5.69 Å². The average molecular weight is 418 g/mol. The van der Waals surface area contributed by atoms with Gasteiger partial charge in [0, 0.05) is 28.5 Å². The van der Waals surface area contributed by atoms with Crippen molar-refractivity contribution in [1.82, 2.24) is 0 Å². The molecule has 2 aromatic heterocycles. The summed E-state index contributed by atoms with van der Waals surface area (Å²) in [6.45, 7) is 6.46. The molecule has 0 saturated carbocycles. The number of furan rings is 1. The largest absolute Gasteiger partial charge is 0.454 e. The van der Waals surface area contributed by atoms with Crippen molar-refractivity contribution in [2.24, 2.45) is 7.05 Å². The molecule has 156 valence electrons. The summed E-state index contributed by atoms with van der Waals surface area (Å²) in [4.78, 5) is 0. The predicted molar refractivity (Wildman–Crippen MR) is 129 cm³/mol. The Hall–Kier alpha value is -3.90. The Labute approximate surface area is 188 Å². The van der Waals surface area contributed by atoms with Crippen LogP contribution in [0.2, 0.25) is 0 Å². The van der Waals surface area contributed by atoms with Crippen molar-refractivity contribution in [3.8, 4) is 28.5 Å². The lowest BCUT2D eigenvalue weighted by Crippen LogP contribution is -2.31. The Kier molecular flexibility index (Phi) is 4.79. The molecule has 0 aliphatic heterocycles. The van der Waals surface area contributed by atoms with Gasteiger partial charge in [0.05, 0.1) is 17.2 Å². The number of fused-ring (bicyclic) bond motifs is 3. The monoisotopic (exact) mass is 417 g/mol. The van der Waals surface area contributed by atoms with Crippen LogP contribution in [0.15, 0.2) is 77.3 Å². The third-order valence-electron chi connectivity index (χ3n) is 6.27. The van der Waals surface area contributed by atoms with E-state index in [1.54, 1.807) is 0 Å². The number of aromatic nitrogens is 1. The van der Waals surface area contributed by atoms with Crippen molar-refractivity contribution >= 4 is 21.9 Å². The molecule has 5 rings (SSSR count). The molecule has 0 aliphatic rings. The second-order valence-corrected chi connectivity index (χ2v) is 8.69. The first-order valence-electron chi connectivity index (χ1n) is 10.9. The average Bonchev–Trinajstić information content (AvgIpc) is 3.19. The number of hydrogen-bond donors (Lipinski definition) is 0. The summed E-state index contributed by atoms with van der Waals surface area (Å²) in [5.41, 5.74) is 8.81. The van der Waals surface area contributed by atoms with E-state index in [0.29, 0.717) is 11.5 Å². The fourth-order valence-corrected chi connectivity index (χ4v) is 4.55. The molecule has 5 aromatic rings. The summed E-state index contributed by atoms with van der Waals surface area (Å²) in [5, 5.41) is 11.8. The second-order valence-electron chi connectivity index (χ2n) is 8.69. The highest BCUT2D eigenvalue weighted by atomic mass is 16.3. The van der Waals surface area contributed by atoms with Crippen LogP contribution in [-0.4, -0.2) is 0 Å². The minimum absolute atomic E-state index is 0.421. The van der Waals surface area contributed by atoms with Crippen LogP contribution >= 0.6 is 0 Å². The Bertz CT molecular complexity index is 1520. The van der Waals surface area contributed by atoms with E-state index >= 15 is 0 Å². The van der Waals surface area contributed by atoms with Crippen LogP contribution in [0.3, 0.4) is 0 Å². The van der Waals surface area contributed by atoms with Gasteiger partial charge in [0.15, 0.2) is 11.8 Å². The first-order chi connectivity index (χ1) is 15.5. The van der Waals surface area contributed by atoms with Gasteiger partial charge in [-0.1, -0.05) is 62.4 Å². The third-order valence-corrected chi connectivity index (χ3v) is 6.27. The molecule has 0 fully saturated rings. The highest BCUT2D eigenvalue weighted by molar-refractivity contribution is 6.15. The lowest BCUT2D eigenvalue weighted by molar-refractivity contribution is -0.660. The Morgan fingerprint density at radius 1 is 0.938 bits per heavy atom. The highest BCUT2D eigenvalue weighted by Gasteiger charge is 2.25. The van der Waals surface area contributed by atoms with Gasteiger partial charge in [-0.3, -0.25) is 0 Å². The number of aryl methyl sites for hydroxylation is 2. The summed E-state index contributed by atoms with van der Waals surface area (Å²) in [5.74, 6) is 0.421. The van der Waals surface area contributed by atoms with E-state index in [0.717, 1.165) is 49.9 Å². The molecule has 0 aliphatic carbocycles. The van der Waals surface area contributed by atoms with Gasteiger partial charge in [-0.15, -0.1) is 0 Å². The van der Waals surface area contributed by atoms with E-state index in [-0.39, 0.29) is 0 Å². The lowest BCUT2D eigenvalue weighted by Gasteiger charge is -2.10. The number of nitrogens with zero attached hydrogens (tertiary/aromatic N) is 2. The summed E-state index contributed by atoms with van der Waals surface area (Å²) < 4.78 is 8.77. The van der Waals surface area contributed by atoms with Crippen molar-refractivity contribution in [2.45, 2.75) is 26.7 Å². The highest BCUT2D eigenvalue weighted by Crippen LogP contribution is 2.42. The number of pyridine rings is 1. The molecule has 0 N–H and O–H groups in total. The number of nitriles is 1. The van der Waals surface area contributed by atoms with Gasteiger partial charge >= 0.3 is 0 Å². The van der Waals surface area contributed by atoms with Gasteiger partial charge in [0.25, 0.3) is 0 Å². The minimum atomic E-state index is 0.421. The molecule has 2 heterocycles. The SMILES string of the molecule is Cc1cc(C#N)c2c(oc3c(-c4ccccc4)cccc32)c1-c1cc(C(C)C)cc[n+]1C. The normalized spacial score (nSPS) is 11.4. The van der Waals surface area contributed by atoms with Crippen molar-refractivity contribution in [2.75, 3.05) is 0 Å². The molecule has 0 spiro atoms. The maximum absolute atomic E-state index is 9.96. The van der Waals surface area contributed by atoms with Crippen LogP contribution in [0.5, 0.6) is 0 Å². The van der Waals surface area contributed by atoms with Crippen LogP contribution < -0.4 is 4.57 Å². The lowest BCUT2D eigenvalue weighted by atomic mass is 9.94. The molecule has 3 heteroatoms. The molecular formula is C29H25N2O+. The molecule has 0 unspecified atom stereocenters. The molecular weight excluding hydrogens is 392 g/mol. The summed E-state index contributed by atoms with van der Waals surface area (Å²) in [6.07, 6.45) is 2.10. The van der Waals surface area contributed by atoms with Crippen LogP contribution in [0, 0.1) is 18.3 Å². The standard InChI is InChI=1S/C29H25N2O/c1-18(2)21-13-14-31(4)25(16-21)26-19(3)15-22(17-30)27-24-12-8-11-23(28(24)32-29(26)27)20-9-6-5-7-10-20/h5-16,18H,1-4H3/q+1. The Morgan fingerprint density at radius 2 is 1.72 bits per heavy atom. The minimum Gasteiger partial charge on any atom is -0.454 e. The second kappa shape index (κ2) is 7.66. The maximum Gasteiger partial charge on any atom is 0.216 e. The first kappa shape index (κ1) is 20.0. The Morgan fingerprint density at radius 3 is 2.44 bits per heavy atom. The van der Waals surface area contributed by atoms with Crippen LogP contribution in [-0.2, 0) is 7.05 Å². The van der Waals surface area contributed by atoms with Gasteiger partial charge in [-0.25, -0.2) is 4.57 Å². The molecule has 0 amide bonds. The van der Waals surface area contributed by atoms with Crippen molar-refractivity contribution in [1.29, 1.82) is 5.26 Å². The van der Waals surface area contributed by atoms with Crippen LogP contribution in [0.4, 0.5) is 0 Å². The van der Waals surface area contributed by atoms with Crippen molar-refractivity contribution < 1.29 is 8.98 Å². The maximum atomic E-state index is 9.96. The summed E-state index contributed by atoms with van der Waals surface area (Å²) in [7, 11) is 2.06. The number of hydrogen-bond acceptors (Lipinski definition) is 2. The van der Waals surface area contributed by atoms with E-state index in [4.69, 9.17) is 4.42 Å². The molecule has 0 radical (unpaired) electrons. The zero-order valence-electron chi connectivity index (χ0n) is 18.8. The molecule has 3 nitrogen and oxygen atoms in total. The van der Waals surface area contributed by atoms with Crippen molar-refractivity contribution in [3.63, 3.8) is 0 Å². The first-order valence-corrected chi connectivity index (χ1v) is 10.9. The van der Waals surface area contributed by atoms with E-state index < -0.39 is 0 Å². The molecule has 0 saturated heterocycles. The summed E-state index contributed by atoms with van der Waals surface area (Å²) >= 11 is 0. The van der Waals surface area contributed by atoms with E-state index in [1.807, 2.05) is 30.3 Å². The zero-order chi connectivity index (χ0) is 22.4. The molecule has 0 bridgehead atoms. The molecule has 32 heavy (non-hydrogen) atoms. The Balaban J connectivity index is 1.92.